The van der Waals surface area contributed by atoms with Crippen LogP contribution in [-0.2, 0) is 16.2 Å². The van der Waals surface area contributed by atoms with Crippen molar-refractivity contribution >= 4 is 21.6 Å². The Hall–Kier alpha value is -2.39. The fourth-order valence-electron chi connectivity index (χ4n) is 2.11. The summed E-state index contributed by atoms with van der Waals surface area (Å²) in [5.74, 6) is -0.648. The summed E-state index contributed by atoms with van der Waals surface area (Å²) < 4.78 is 64.1. The molecule has 1 amide bonds. The second kappa shape index (κ2) is 6.85. The predicted octanol–water partition coefficient (Wildman–Crippen LogP) is 3.17. The zero-order valence-electron chi connectivity index (χ0n) is 13.3. The lowest BCUT2D eigenvalue weighted by Crippen LogP contribution is -2.19. The highest BCUT2D eigenvalue weighted by molar-refractivity contribution is 7.89. The van der Waals surface area contributed by atoms with Crippen molar-refractivity contribution in [2.75, 3.05) is 12.4 Å². The Bertz CT molecular complexity index is 892. The summed E-state index contributed by atoms with van der Waals surface area (Å²) in [4.78, 5) is 12.1. The molecule has 0 atom stereocenters. The lowest BCUT2D eigenvalue weighted by atomic mass is 10.1. The van der Waals surface area contributed by atoms with Crippen LogP contribution in [0.2, 0.25) is 0 Å². The van der Waals surface area contributed by atoms with Crippen molar-refractivity contribution in [3.8, 4) is 0 Å². The van der Waals surface area contributed by atoms with E-state index in [0.717, 1.165) is 6.07 Å². The fourth-order valence-corrected chi connectivity index (χ4v) is 2.84. The smallest absolute Gasteiger partial charge is 0.322 e. The summed E-state index contributed by atoms with van der Waals surface area (Å²) in [7, 11) is -2.38. The standard InChI is InChI=1S/C16H15F3N2O3S/c1-10-3-6-12(9-14(10)16(17,18)19)21-15(22)11-4-7-13(8-5-11)25(23,24)20-2/h3-9,20H,1-2H3,(H,21,22). The van der Waals surface area contributed by atoms with Gasteiger partial charge in [0.1, 0.15) is 0 Å². The van der Waals surface area contributed by atoms with Crippen LogP contribution in [0.25, 0.3) is 0 Å². The van der Waals surface area contributed by atoms with Gasteiger partial charge in [-0.2, -0.15) is 13.2 Å². The van der Waals surface area contributed by atoms with Gasteiger partial charge in [0.15, 0.2) is 0 Å². The van der Waals surface area contributed by atoms with E-state index < -0.39 is 27.7 Å². The van der Waals surface area contributed by atoms with Crippen molar-refractivity contribution in [2.24, 2.45) is 0 Å². The average Bonchev–Trinajstić information content (AvgIpc) is 2.55. The van der Waals surface area contributed by atoms with E-state index in [0.29, 0.717) is 0 Å². The minimum atomic E-state index is -4.52. The number of benzene rings is 2. The molecule has 25 heavy (non-hydrogen) atoms. The zero-order chi connectivity index (χ0) is 18.8. The van der Waals surface area contributed by atoms with Gasteiger partial charge in [-0.1, -0.05) is 6.07 Å². The maximum absolute atomic E-state index is 12.9. The number of carbonyl (C=O) groups is 1. The fraction of sp³-hybridized carbons (Fsp3) is 0.188. The predicted molar refractivity (Wildman–Crippen MR) is 86.8 cm³/mol. The molecule has 0 saturated heterocycles. The molecule has 0 aliphatic heterocycles. The van der Waals surface area contributed by atoms with Gasteiger partial charge < -0.3 is 5.32 Å². The minimum absolute atomic E-state index is 0.00477. The lowest BCUT2D eigenvalue weighted by Gasteiger charge is -2.13. The third-order valence-corrected chi connectivity index (χ3v) is 4.93. The van der Waals surface area contributed by atoms with Crippen LogP contribution in [0.5, 0.6) is 0 Å². The van der Waals surface area contributed by atoms with Crippen LogP contribution in [0.1, 0.15) is 21.5 Å². The second-order valence-corrected chi connectivity index (χ2v) is 7.10. The van der Waals surface area contributed by atoms with Crippen molar-refractivity contribution < 1.29 is 26.4 Å². The topological polar surface area (TPSA) is 75.3 Å². The van der Waals surface area contributed by atoms with Crippen molar-refractivity contribution in [3.05, 3.63) is 59.2 Å². The van der Waals surface area contributed by atoms with Gasteiger partial charge in [-0.3, -0.25) is 4.79 Å². The van der Waals surface area contributed by atoms with E-state index in [1.165, 1.54) is 50.4 Å². The van der Waals surface area contributed by atoms with Crippen LogP contribution in [0.15, 0.2) is 47.4 Å². The molecule has 0 unspecified atom stereocenters. The van der Waals surface area contributed by atoms with Crippen LogP contribution in [0, 0.1) is 6.92 Å². The maximum Gasteiger partial charge on any atom is 0.416 e. The molecule has 134 valence electrons. The van der Waals surface area contributed by atoms with E-state index >= 15 is 0 Å². The molecule has 2 aromatic carbocycles. The Morgan fingerprint density at radius 2 is 1.64 bits per heavy atom. The van der Waals surface area contributed by atoms with E-state index in [2.05, 4.69) is 10.0 Å². The van der Waals surface area contributed by atoms with E-state index in [-0.39, 0.29) is 21.7 Å². The van der Waals surface area contributed by atoms with E-state index in [1.54, 1.807) is 0 Å². The molecule has 0 bridgehead atoms. The van der Waals surface area contributed by atoms with Gasteiger partial charge in [0.2, 0.25) is 10.0 Å². The average molecular weight is 372 g/mol. The van der Waals surface area contributed by atoms with Crippen LogP contribution < -0.4 is 10.0 Å². The van der Waals surface area contributed by atoms with Crippen molar-refractivity contribution in [3.63, 3.8) is 0 Å². The SMILES string of the molecule is CNS(=O)(=O)c1ccc(C(=O)Nc2ccc(C)c(C(F)(F)F)c2)cc1. The first kappa shape index (κ1) is 18.9. The summed E-state index contributed by atoms with van der Waals surface area (Å²) in [6, 6.07) is 8.50. The molecule has 9 heteroatoms. The third kappa shape index (κ3) is 4.37. The van der Waals surface area contributed by atoms with Crippen molar-refractivity contribution in [1.82, 2.24) is 4.72 Å². The number of anilines is 1. The number of carbonyl (C=O) groups excluding carboxylic acids is 1. The van der Waals surface area contributed by atoms with Gasteiger partial charge in [-0.25, -0.2) is 13.1 Å². The quantitative estimate of drug-likeness (QED) is 0.866. The highest BCUT2D eigenvalue weighted by Crippen LogP contribution is 2.33. The number of halogens is 3. The van der Waals surface area contributed by atoms with Gasteiger partial charge in [0.05, 0.1) is 10.5 Å². The Balaban J connectivity index is 2.23. The van der Waals surface area contributed by atoms with Crippen LogP contribution in [-0.4, -0.2) is 21.4 Å². The summed E-state index contributed by atoms with van der Waals surface area (Å²) >= 11 is 0. The number of alkyl halides is 3. The van der Waals surface area contributed by atoms with Gasteiger partial charge >= 0.3 is 6.18 Å². The maximum atomic E-state index is 12.9. The highest BCUT2D eigenvalue weighted by atomic mass is 32.2. The molecule has 0 aromatic heterocycles. The molecule has 0 heterocycles. The number of rotatable bonds is 4. The first-order valence-corrected chi connectivity index (χ1v) is 8.56. The summed E-state index contributed by atoms with van der Waals surface area (Å²) in [5.41, 5.74) is -0.674. The Labute approximate surface area is 142 Å². The first-order valence-electron chi connectivity index (χ1n) is 7.07. The van der Waals surface area contributed by atoms with Gasteiger partial charge in [-0.05, 0) is 55.9 Å². The van der Waals surface area contributed by atoms with Crippen LogP contribution in [0.3, 0.4) is 0 Å². The van der Waals surface area contributed by atoms with Gasteiger partial charge in [0, 0.05) is 11.3 Å². The monoisotopic (exact) mass is 372 g/mol. The molecule has 5 nitrogen and oxygen atoms in total. The van der Waals surface area contributed by atoms with Gasteiger partial charge in [0.25, 0.3) is 5.91 Å². The van der Waals surface area contributed by atoms with E-state index in [1.807, 2.05) is 0 Å². The molecule has 0 aliphatic carbocycles. The third-order valence-electron chi connectivity index (χ3n) is 3.50. The molecule has 0 saturated carbocycles. The Kier molecular flexibility index (Phi) is 5.19. The number of sulfonamides is 1. The molecular weight excluding hydrogens is 357 g/mol. The second-order valence-electron chi connectivity index (χ2n) is 5.21. The number of aryl methyl sites for hydroxylation is 1. The number of nitrogens with one attached hydrogen (secondary N) is 2. The normalized spacial score (nSPS) is 12.0. The van der Waals surface area contributed by atoms with E-state index in [9.17, 15) is 26.4 Å². The summed E-state index contributed by atoms with van der Waals surface area (Å²) in [6.45, 7) is 1.33. The van der Waals surface area contributed by atoms with Crippen LogP contribution >= 0.6 is 0 Å². The molecule has 2 N–H and O–H groups in total. The molecule has 2 rings (SSSR count). The highest BCUT2D eigenvalue weighted by Gasteiger charge is 2.32. The number of amides is 1. The molecule has 2 aromatic rings. The largest absolute Gasteiger partial charge is 0.416 e. The molecule has 0 spiro atoms. The number of hydrogen-bond donors (Lipinski definition) is 2. The Morgan fingerprint density at radius 1 is 1.04 bits per heavy atom. The number of hydrogen-bond acceptors (Lipinski definition) is 3. The minimum Gasteiger partial charge on any atom is -0.322 e. The van der Waals surface area contributed by atoms with Crippen molar-refractivity contribution in [2.45, 2.75) is 18.0 Å². The lowest BCUT2D eigenvalue weighted by molar-refractivity contribution is -0.138. The molecule has 0 radical (unpaired) electrons. The molecule has 0 fully saturated rings. The molecule has 0 aliphatic rings. The first-order chi connectivity index (χ1) is 11.5. The Morgan fingerprint density at radius 3 is 2.16 bits per heavy atom. The summed E-state index contributed by atoms with van der Waals surface area (Å²) in [5, 5.41) is 2.37. The van der Waals surface area contributed by atoms with Crippen molar-refractivity contribution in [1.29, 1.82) is 0 Å². The van der Waals surface area contributed by atoms with Gasteiger partial charge in [-0.15, -0.1) is 0 Å². The zero-order valence-corrected chi connectivity index (χ0v) is 14.1. The summed E-state index contributed by atoms with van der Waals surface area (Å²) in [6.07, 6.45) is -4.52. The van der Waals surface area contributed by atoms with Crippen LogP contribution in [0.4, 0.5) is 18.9 Å². The van der Waals surface area contributed by atoms with E-state index in [4.69, 9.17) is 0 Å². The molecular formula is C16H15F3N2O3S.